The molecule has 2 aromatic carbocycles. The van der Waals surface area contributed by atoms with Gasteiger partial charge in [-0.05, 0) is 36.4 Å². The normalized spacial score (nSPS) is 15.2. The van der Waals surface area contributed by atoms with Crippen molar-refractivity contribution in [3.05, 3.63) is 94.9 Å². The number of thiocarbonyl (C=S) groups is 1. The van der Waals surface area contributed by atoms with Crippen LogP contribution in [0.2, 0.25) is 0 Å². The van der Waals surface area contributed by atoms with Gasteiger partial charge in [-0.25, -0.2) is 4.39 Å². The number of para-hydroxylation sites is 2. The fourth-order valence-electron chi connectivity index (χ4n) is 2.82. The number of carbonyl (C=O) groups is 1. The van der Waals surface area contributed by atoms with Crippen LogP contribution < -0.4 is 9.64 Å². The molecule has 3 aromatic rings. The van der Waals surface area contributed by atoms with Crippen molar-refractivity contribution in [1.82, 2.24) is 4.98 Å². The maximum absolute atomic E-state index is 14.2. The van der Waals surface area contributed by atoms with Crippen LogP contribution in [-0.4, -0.2) is 15.2 Å². The van der Waals surface area contributed by atoms with Gasteiger partial charge in [0.25, 0.3) is 5.91 Å². The summed E-state index contributed by atoms with van der Waals surface area (Å²) < 4.78 is 20.3. The zero-order valence-corrected chi connectivity index (χ0v) is 16.8. The van der Waals surface area contributed by atoms with E-state index in [4.69, 9.17) is 17.0 Å². The van der Waals surface area contributed by atoms with Crippen LogP contribution in [0.15, 0.2) is 77.8 Å². The Hall–Kier alpha value is -3.03. The molecule has 0 aliphatic carbocycles. The van der Waals surface area contributed by atoms with Gasteiger partial charge in [-0.3, -0.25) is 14.7 Å². The van der Waals surface area contributed by atoms with Crippen molar-refractivity contribution in [2.75, 3.05) is 4.90 Å². The number of benzene rings is 2. The van der Waals surface area contributed by atoms with Crippen LogP contribution in [0.25, 0.3) is 6.08 Å². The molecule has 0 radical (unpaired) electrons. The standard InChI is InChI=1S/C22H15FN2O2S2/c23-17-9-2-3-10-18(17)25-21(26)20(29-22(25)28)13-15-7-1-4-11-19(15)27-14-16-8-5-6-12-24-16/h1-13H,14H2. The second kappa shape index (κ2) is 8.55. The molecule has 2 heterocycles. The van der Waals surface area contributed by atoms with Crippen LogP contribution in [0.5, 0.6) is 5.75 Å². The first-order valence-corrected chi connectivity index (χ1v) is 10.00. The van der Waals surface area contributed by atoms with E-state index in [1.54, 1.807) is 24.4 Å². The van der Waals surface area contributed by atoms with Gasteiger partial charge in [0.1, 0.15) is 18.2 Å². The van der Waals surface area contributed by atoms with Crippen LogP contribution >= 0.6 is 24.0 Å². The van der Waals surface area contributed by atoms with Gasteiger partial charge in [0.15, 0.2) is 4.32 Å². The lowest BCUT2D eigenvalue weighted by Crippen LogP contribution is -2.28. The van der Waals surface area contributed by atoms with E-state index in [2.05, 4.69) is 4.98 Å². The van der Waals surface area contributed by atoms with Gasteiger partial charge >= 0.3 is 0 Å². The SMILES string of the molecule is O=C1C(=Cc2ccccc2OCc2ccccn2)SC(=S)N1c1ccccc1F. The molecule has 1 amide bonds. The zero-order valence-electron chi connectivity index (χ0n) is 15.1. The summed E-state index contributed by atoms with van der Waals surface area (Å²) in [5.74, 6) is -0.233. The van der Waals surface area contributed by atoms with Crippen molar-refractivity contribution in [2.24, 2.45) is 0 Å². The fourth-order valence-corrected chi connectivity index (χ4v) is 4.09. The summed E-state index contributed by atoms with van der Waals surface area (Å²) in [5.41, 5.74) is 1.68. The summed E-state index contributed by atoms with van der Waals surface area (Å²) in [5, 5.41) is 0. The van der Waals surface area contributed by atoms with E-state index in [0.29, 0.717) is 21.6 Å². The predicted molar refractivity (Wildman–Crippen MR) is 117 cm³/mol. The number of anilines is 1. The van der Waals surface area contributed by atoms with Crippen LogP contribution in [0, 0.1) is 5.82 Å². The number of aromatic nitrogens is 1. The third kappa shape index (κ3) is 4.21. The monoisotopic (exact) mass is 422 g/mol. The fraction of sp³-hybridized carbons (Fsp3) is 0.0455. The Morgan fingerprint density at radius 2 is 1.83 bits per heavy atom. The van der Waals surface area contributed by atoms with Crippen molar-refractivity contribution in [3.63, 3.8) is 0 Å². The van der Waals surface area contributed by atoms with Gasteiger partial charge in [-0.1, -0.05) is 60.4 Å². The molecule has 0 unspecified atom stereocenters. The van der Waals surface area contributed by atoms with Gasteiger partial charge < -0.3 is 4.74 Å². The number of halogens is 1. The molecule has 1 fully saturated rings. The second-order valence-corrected chi connectivity index (χ2v) is 7.79. The highest BCUT2D eigenvalue weighted by molar-refractivity contribution is 8.27. The number of amides is 1. The lowest BCUT2D eigenvalue weighted by molar-refractivity contribution is -0.113. The smallest absolute Gasteiger partial charge is 0.270 e. The lowest BCUT2D eigenvalue weighted by Gasteiger charge is -2.15. The first-order valence-electron chi connectivity index (χ1n) is 8.78. The van der Waals surface area contributed by atoms with Gasteiger partial charge in [0.2, 0.25) is 0 Å². The Morgan fingerprint density at radius 3 is 2.62 bits per heavy atom. The molecule has 1 aliphatic rings. The number of pyridine rings is 1. The van der Waals surface area contributed by atoms with E-state index in [-0.39, 0.29) is 11.6 Å². The van der Waals surface area contributed by atoms with Crippen LogP contribution in [0.4, 0.5) is 10.1 Å². The van der Waals surface area contributed by atoms with Gasteiger partial charge in [0.05, 0.1) is 16.3 Å². The van der Waals surface area contributed by atoms with Crippen molar-refractivity contribution in [2.45, 2.75) is 6.61 Å². The van der Waals surface area contributed by atoms with E-state index in [1.165, 1.54) is 17.0 Å². The number of hydrogen-bond donors (Lipinski definition) is 0. The molecule has 1 aromatic heterocycles. The molecule has 4 rings (SSSR count). The van der Waals surface area contributed by atoms with Crippen molar-refractivity contribution in [3.8, 4) is 5.75 Å². The molecule has 144 valence electrons. The van der Waals surface area contributed by atoms with Gasteiger partial charge in [-0.2, -0.15) is 0 Å². The molecule has 0 spiro atoms. The molecule has 1 saturated heterocycles. The minimum absolute atomic E-state index is 0.151. The van der Waals surface area contributed by atoms with Gasteiger partial charge in [0, 0.05) is 11.8 Å². The second-order valence-electron chi connectivity index (χ2n) is 6.12. The van der Waals surface area contributed by atoms with E-state index >= 15 is 0 Å². The molecule has 0 atom stereocenters. The Kier molecular flexibility index (Phi) is 5.69. The number of nitrogens with zero attached hydrogens (tertiary/aromatic N) is 2. The average molecular weight is 423 g/mol. The summed E-state index contributed by atoms with van der Waals surface area (Å²) in [6.07, 6.45) is 3.42. The van der Waals surface area contributed by atoms with Crippen LogP contribution in [-0.2, 0) is 11.4 Å². The number of carbonyl (C=O) groups excluding carboxylic acids is 1. The highest BCUT2D eigenvalue weighted by Crippen LogP contribution is 2.38. The molecular weight excluding hydrogens is 407 g/mol. The van der Waals surface area contributed by atoms with E-state index in [9.17, 15) is 9.18 Å². The first-order chi connectivity index (χ1) is 14.1. The third-order valence-corrected chi connectivity index (χ3v) is 5.50. The van der Waals surface area contributed by atoms with Crippen molar-refractivity contribution < 1.29 is 13.9 Å². The molecule has 7 heteroatoms. The molecule has 0 N–H and O–H groups in total. The summed E-state index contributed by atoms with van der Waals surface area (Å²) in [7, 11) is 0. The summed E-state index contributed by atoms with van der Waals surface area (Å²) >= 11 is 6.46. The minimum Gasteiger partial charge on any atom is -0.487 e. The zero-order chi connectivity index (χ0) is 20.2. The molecule has 29 heavy (non-hydrogen) atoms. The third-order valence-electron chi connectivity index (χ3n) is 4.19. The Balaban J connectivity index is 1.59. The van der Waals surface area contributed by atoms with Crippen molar-refractivity contribution >= 4 is 46.0 Å². The van der Waals surface area contributed by atoms with Crippen LogP contribution in [0.3, 0.4) is 0 Å². The topological polar surface area (TPSA) is 42.4 Å². The highest BCUT2D eigenvalue weighted by atomic mass is 32.2. The number of hydrogen-bond acceptors (Lipinski definition) is 5. The van der Waals surface area contributed by atoms with Crippen LogP contribution in [0.1, 0.15) is 11.3 Å². The van der Waals surface area contributed by atoms with Crippen molar-refractivity contribution in [1.29, 1.82) is 0 Å². The summed E-state index contributed by atoms with van der Waals surface area (Å²) in [6.45, 7) is 0.307. The van der Waals surface area contributed by atoms with E-state index < -0.39 is 5.82 Å². The summed E-state index contributed by atoms with van der Waals surface area (Å²) in [6, 6.07) is 19.1. The largest absolute Gasteiger partial charge is 0.487 e. The molecular formula is C22H15FN2O2S2. The number of thioether (sulfide) groups is 1. The van der Waals surface area contributed by atoms with E-state index in [0.717, 1.165) is 23.0 Å². The Bertz CT molecular complexity index is 1100. The lowest BCUT2D eigenvalue weighted by atomic mass is 10.2. The maximum Gasteiger partial charge on any atom is 0.270 e. The molecule has 4 nitrogen and oxygen atoms in total. The summed E-state index contributed by atoms with van der Waals surface area (Å²) in [4.78, 5) is 18.8. The quantitative estimate of drug-likeness (QED) is 0.417. The Morgan fingerprint density at radius 1 is 1.07 bits per heavy atom. The molecule has 1 aliphatic heterocycles. The molecule has 0 bridgehead atoms. The number of rotatable bonds is 5. The first kappa shape index (κ1) is 19.3. The highest BCUT2D eigenvalue weighted by Gasteiger charge is 2.34. The number of ether oxygens (including phenoxy) is 1. The average Bonchev–Trinajstić information content (AvgIpc) is 3.01. The van der Waals surface area contributed by atoms with Gasteiger partial charge in [-0.15, -0.1) is 0 Å². The maximum atomic E-state index is 14.2. The molecule has 0 saturated carbocycles. The minimum atomic E-state index is -0.496. The Labute approximate surface area is 177 Å². The van der Waals surface area contributed by atoms with E-state index in [1.807, 2.05) is 42.5 Å². The predicted octanol–water partition coefficient (Wildman–Crippen LogP) is 5.21.